The zero-order valence-corrected chi connectivity index (χ0v) is 9.39. The predicted octanol–water partition coefficient (Wildman–Crippen LogP) is 2.38. The Morgan fingerprint density at radius 2 is 2.12 bits per heavy atom. The molecule has 1 rings (SSSR count). The molecule has 0 aromatic carbocycles. The Labute approximate surface area is 98.0 Å². The second kappa shape index (κ2) is 5.89. The lowest BCUT2D eigenvalue weighted by molar-refractivity contribution is -0.186. The summed E-state index contributed by atoms with van der Waals surface area (Å²) in [4.78, 5) is 11.6. The topological polar surface area (TPSA) is 52.9 Å². The second-order valence-electron chi connectivity index (χ2n) is 4.30. The summed E-state index contributed by atoms with van der Waals surface area (Å²) in [5.41, 5.74) is 0. The first-order valence-electron chi connectivity index (χ1n) is 5.66. The fraction of sp³-hybridized carbons (Fsp3) is 0.818. The molecule has 0 aromatic heterocycles. The molecule has 6 heteroatoms. The molecule has 0 aliphatic heterocycles. The first kappa shape index (κ1) is 13.8. The number of hydrogen-bond acceptors (Lipinski definition) is 2. The number of rotatable bonds is 3. The van der Waals surface area contributed by atoms with Gasteiger partial charge in [-0.25, -0.2) is 0 Å². The van der Waals surface area contributed by atoms with Gasteiger partial charge in [0.1, 0.15) is 0 Å². The van der Waals surface area contributed by atoms with Crippen LogP contribution in [0.25, 0.3) is 0 Å². The predicted molar refractivity (Wildman–Crippen MR) is 54.7 cm³/mol. The maximum Gasteiger partial charge on any atom is 0.391 e. The molecule has 2 unspecified atom stereocenters. The van der Waals surface area contributed by atoms with Crippen molar-refractivity contribution in [1.29, 1.82) is 5.26 Å². The van der Waals surface area contributed by atoms with E-state index >= 15 is 0 Å². The number of halogens is 3. The normalized spacial score (nSPS) is 25.1. The summed E-state index contributed by atoms with van der Waals surface area (Å²) in [5, 5.41) is 10.8. The lowest BCUT2D eigenvalue weighted by Crippen LogP contribution is -2.37. The molecule has 96 valence electrons. The van der Waals surface area contributed by atoms with Crippen LogP contribution >= 0.6 is 0 Å². The van der Waals surface area contributed by atoms with E-state index in [0.29, 0.717) is 12.8 Å². The van der Waals surface area contributed by atoms with Crippen LogP contribution in [0, 0.1) is 23.2 Å². The molecule has 0 radical (unpaired) electrons. The van der Waals surface area contributed by atoms with Crippen molar-refractivity contribution >= 4 is 5.91 Å². The number of nitriles is 1. The van der Waals surface area contributed by atoms with Gasteiger partial charge in [0.2, 0.25) is 5.91 Å². The largest absolute Gasteiger partial charge is 0.391 e. The average molecular weight is 248 g/mol. The maximum atomic E-state index is 12.5. The Bertz CT molecular complexity index is 309. The molecule has 1 amide bonds. The zero-order chi connectivity index (χ0) is 12.9. The van der Waals surface area contributed by atoms with Crippen molar-refractivity contribution in [2.45, 2.75) is 38.3 Å². The highest BCUT2D eigenvalue weighted by Gasteiger charge is 2.43. The van der Waals surface area contributed by atoms with Crippen LogP contribution in [-0.2, 0) is 4.79 Å². The van der Waals surface area contributed by atoms with Crippen molar-refractivity contribution in [3.8, 4) is 6.07 Å². The molecule has 0 saturated heterocycles. The zero-order valence-electron chi connectivity index (χ0n) is 9.39. The van der Waals surface area contributed by atoms with E-state index in [0.717, 1.165) is 0 Å². The molecular formula is C11H15F3N2O. The molecular weight excluding hydrogens is 233 g/mol. The molecule has 0 bridgehead atoms. The number of alkyl halides is 3. The average Bonchev–Trinajstić information content (AvgIpc) is 2.28. The molecule has 1 N–H and O–H groups in total. The highest BCUT2D eigenvalue weighted by Crippen LogP contribution is 2.39. The molecule has 0 spiro atoms. The Balaban J connectivity index is 2.44. The van der Waals surface area contributed by atoms with Crippen molar-refractivity contribution in [2.24, 2.45) is 11.8 Å². The van der Waals surface area contributed by atoms with Gasteiger partial charge in [0.05, 0.1) is 18.4 Å². The van der Waals surface area contributed by atoms with Gasteiger partial charge in [-0.2, -0.15) is 18.4 Å². The monoisotopic (exact) mass is 248 g/mol. The SMILES string of the molecule is N#CCCNC(=O)C1CCCC(C(F)(F)F)C1. The summed E-state index contributed by atoms with van der Waals surface area (Å²) in [7, 11) is 0. The number of hydrogen-bond donors (Lipinski definition) is 1. The summed E-state index contributed by atoms with van der Waals surface area (Å²) in [6.07, 6.45) is -3.09. The minimum atomic E-state index is -4.20. The van der Waals surface area contributed by atoms with Gasteiger partial charge in [0.25, 0.3) is 0 Å². The van der Waals surface area contributed by atoms with Crippen LogP contribution in [0.4, 0.5) is 13.2 Å². The maximum absolute atomic E-state index is 12.5. The number of amides is 1. The van der Waals surface area contributed by atoms with Crippen molar-refractivity contribution in [3.05, 3.63) is 0 Å². The van der Waals surface area contributed by atoms with Gasteiger partial charge >= 0.3 is 6.18 Å². The fourth-order valence-electron chi connectivity index (χ4n) is 2.11. The number of nitrogens with zero attached hydrogens (tertiary/aromatic N) is 1. The standard InChI is InChI=1S/C11H15F3N2O/c12-11(13,14)9-4-1-3-8(7-9)10(17)16-6-2-5-15/h8-9H,1-4,6-7H2,(H,16,17). The number of carbonyl (C=O) groups is 1. The summed E-state index contributed by atoms with van der Waals surface area (Å²) in [6.45, 7) is 0.211. The van der Waals surface area contributed by atoms with E-state index in [9.17, 15) is 18.0 Å². The third-order valence-corrected chi connectivity index (χ3v) is 3.04. The molecule has 0 aromatic rings. The third kappa shape index (κ3) is 4.25. The van der Waals surface area contributed by atoms with Crippen molar-refractivity contribution < 1.29 is 18.0 Å². The number of nitrogens with one attached hydrogen (secondary N) is 1. The molecule has 3 nitrogen and oxygen atoms in total. The smallest absolute Gasteiger partial charge is 0.355 e. The first-order valence-corrected chi connectivity index (χ1v) is 5.66. The first-order chi connectivity index (χ1) is 7.95. The van der Waals surface area contributed by atoms with Crippen LogP contribution in [-0.4, -0.2) is 18.6 Å². The van der Waals surface area contributed by atoms with Gasteiger partial charge in [-0.1, -0.05) is 6.42 Å². The highest BCUT2D eigenvalue weighted by molar-refractivity contribution is 5.78. The van der Waals surface area contributed by atoms with E-state index in [4.69, 9.17) is 5.26 Å². The fourth-order valence-corrected chi connectivity index (χ4v) is 2.11. The van der Waals surface area contributed by atoms with E-state index < -0.39 is 18.0 Å². The van der Waals surface area contributed by atoms with Crippen LogP contribution in [0.1, 0.15) is 32.1 Å². The summed E-state index contributed by atoms with van der Waals surface area (Å²) < 4.78 is 37.5. The van der Waals surface area contributed by atoms with Gasteiger partial charge in [-0.05, 0) is 19.3 Å². The van der Waals surface area contributed by atoms with Gasteiger partial charge in [0.15, 0.2) is 0 Å². The van der Waals surface area contributed by atoms with Crippen LogP contribution in [0.5, 0.6) is 0 Å². The van der Waals surface area contributed by atoms with Gasteiger partial charge in [0, 0.05) is 12.5 Å². The molecule has 1 fully saturated rings. The lowest BCUT2D eigenvalue weighted by Gasteiger charge is -2.29. The van der Waals surface area contributed by atoms with Crippen LogP contribution in [0.2, 0.25) is 0 Å². The van der Waals surface area contributed by atoms with Crippen LogP contribution in [0.3, 0.4) is 0 Å². The van der Waals surface area contributed by atoms with E-state index in [2.05, 4.69) is 5.32 Å². The minimum Gasteiger partial charge on any atom is -0.355 e. The van der Waals surface area contributed by atoms with E-state index in [-0.39, 0.29) is 31.7 Å². The van der Waals surface area contributed by atoms with Crippen molar-refractivity contribution in [2.75, 3.05) is 6.54 Å². The third-order valence-electron chi connectivity index (χ3n) is 3.04. The Morgan fingerprint density at radius 3 is 2.71 bits per heavy atom. The molecule has 1 aliphatic carbocycles. The lowest BCUT2D eigenvalue weighted by atomic mass is 9.80. The van der Waals surface area contributed by atoms with Crippen LogP contribution in [0.15, 0.2) is 0 Å². The summed E-state index contributed by atoms with van der Waals surface area (Å²) in [5.74, 6) is -2.27. The second-order valence-corrected chi connectivity index (χ2v) is 4.30. The van der Waals surface area contributed by atoms with Crippen molar-refractivity contribution in [1.82, 2.24) is 5.32 Å². The molecule has 2 atom stereocenters. The van der Waals surface area contributed by atoms with E-state index in [1.165, 1.54) is 0 Å². The molecule has 17 heavy (non-hydrogen) atoms. The molecule has 1 saturated carbocycles. The molecule has 0 heterocycles. The Kier molecular flexibility index (Phi) is 4.79. The summed E-state index contributed by atoms with van der Waals surface area (Å²) in [6, 6.07) is 1.86. The van der Waals surface area contributed by atoms with E-state index in [1.54, 1.807) is 0 Å². The van der Waals surface area contributed by atoms with Crippen molar-refractivity contribution in [3.63, 3.8) is 0 Å². The van der Waals surface area contributed by atoms with Gasteiger partial charge < -0.3 is 5.32 Å². The molecule has 1 aliphatic rings. The van der Waals surface area contributed by atoms with E-state index in [1.807, 2.05) is 6.07 Å². The van der Waals surface area contributed by atoms with Gasteiger partial charge in [-0.3, -0.25) is 4.79 Å². The van der Waals surface area contributed by atoms with Gasteiger partial charge in [-0.15, -0.1) is 0 Å². The summed E-state index contributed by atoms with van der Waals surface area (Å²) >= 11 is 0. The Hall–Kier alpha value is -1.25. The highest BCUT2D eigenvalue weighted by atomic mass is 19.4. The quantitative estimate of drug-likeness (QED) is 0.779. The number of carbonyl (C=O) groups excluding carboxylic acids is 1. The van der Waals surface area contributed by atoms with Crippen LogP contribution < -0.4 is 5.32 Å². The Morgan fingerprint density at radius 1 is 1.41 bits per heavy atom. The minimum absolute atomic E-state index is 0.117.